The molecule has 1 N–H and O–H groups in total. The van der Waals surface area contributed by atoms with E-state index in [4.69, 9.17) is 4.74 Å². The van der Waals surface area contributed by atoms with Gasteiger partial charge in [0, 0.05) is 23.9 Å². The Labute approximate surface area is 147 Å². The van der Waals surface area contributed by atoms with E-state index in [1.54, 1.807) is 6.92 Å². The minimum atomic E-state index is -4.79. The Hall–Kier alpha value is -1.39. The van der Waals surface area contributed by atoms with Crippen LogP contribution in [0, 0.1) is 11.9 Å². The standard InChI is InChI=1S/C15H13BrF5N3O/c1-6-8(5-25-3-2-22-6)12-7-4-9(15(19,20)21)10(16)11(17)13(7)24-14(18)23-12/h4,6,8,22H,2-3,5H2,1H3. The molecule has 2 unspecified atom stereocenters. The van der Waals surface area contributed by atoms with E-state index >= 15 is 0 Å². The van der Waals surface area contributed by atoms with Gasteiger partial charge in [-0.1, -0.05) is 0 Å². The van der Waals surface area contributed by atoms with E-state index in [9.17, 15) is 22.0 Å². The van der Waals surface area contributed by atoms with E-state index in [0.29, 0.717) is 13.2 Å². The van der Waals surface area contributed by atoms with Gasteiger partial charge in [-0.25, -0.2) is 9.37 Å². The van der Waals surface area contributed by atoms with Crippen LogP contribution in [0.3, 0.4) is 0 Å². The van der Waals surface area contributed by atoms with E-state index < -0.39 is 39.5 Å². The topological polar surface area (TPSA) is 47.0 Å². The monoisotopic (exact) mass is 425 g/mol. The van der Waals surface area contributed by atoms with E-state index in [0.717, 1.165) is 6.07 Å². The average Bonchev–Trinajstić information content (AvgIpc) is 2.74. The van der Waals surface area contributed by atoms with Crippen LogP contribution in [0.25, 0.3) is 10.9 Å². The van der Waals surface area contributed by atoms with E-state index in [1.165, 1.54) is 0 Å². The molecule has 0 amide bonds. The zero-order valence-corrected chi connectivity index (χ0v) is 14.5. The summed E-state index contributed by atoms with van der Waals surface area (Å²) >= 11 is 2.59. The van der Waals surface area contributed by atoms with Gasteiger partial charge in [0.05, 0.1) is 28.9 Å². The highest BCUT2D eigenvalue weighted by molar-refractivity contribution is 9.10. The van der Waals surface area contributed by atoms with Gasteiger partial charge < -0.3 is 10.1 Å². The van der Waals surface area contributed by atoms with E-state index in [2.05, 4.69) is 31.2 Å². The predicted octanol–water partition coefficient (Wildman–Crippen LogP) is 3.78. The average molecular weight is 426 g/mol. The van der Waals surface area contributed by atoms with Crippen molar-refractivity contribution in [2.75, 3.05) is 19.8 Å². The first kappa shape index (κ1) is 18.4. The molecule has 1 fully saturated rings. The molecule has 0 bridgehead atoms. The molecule has 10 heteroatoms. The van der Waals surface area contributed by atoms with Crippen molar-refractivity contribution in [3.63, 3.8) is 0 Å². The van der Waals surface area contributed by atoms with Gasteiger partial charge in [0.15, 0.2) is 5.82 Å². The molecule has 0 aliphatic carbocycles. The second-order valence-electron chi connectivity index (χ2n) is 5.75. The third kappa shape index (κ3) is 3.47. The highest BCUT2D eigenvalue weighted by Gasteiger charge is 2.37. The summed E-state index contributed by atoms with van der Waals surface area (Å²) in [5.41, 5.74) is -1.72. The van der Waals surface area contributed by atoms with Gasteiger partial charge in [-0.05, 0) is 28.9 Å². The number of aromatic nitrogens is 2. The van der Waals surface area contributed by atoms with Gasteiger partial charge in [0.2, 0.25) is 0 Å². The number of nitrogens with one attached hydrogen (secondary N) is 1. The van der Waals surface area contributed by atoms with Gasteiger partial charge in [0.25, 0.3) is 0 Å². The fourth-order valence-electron chi connectivity index (χ4n) is 2.86. The number of benzene rings is 1. The van der Waals surface area contributed by atoms with Crippen LogP contribution in [0.5, 0.6) is 0 Å². The van der Waals surface area contributed by atoms with Crippen molar-refractivity contribution < 1.29 is 26.7 Å². The van der Waals surface area contributed by atoms with Crippen LogP contribution >= 0.6 is 15.9 Å². The molecule has 2 aromatic rings. The summed E-state index contributed by atoms with van der Waals surface area (Å²) < 4.78 is 72.5. The Morgan fingerprint density at radius 3 is 2.68 bits per heavy atom. The summed E-state index contributed by atoms with van der Waals surface area (Å²) in [5, 5.41) is 2.93. The van der Waals surface area contributed by atoms with Crippen molar-refractivity contribution >= 4 is 26.8 Å². The first-order chi connectivity index (χ1) is 11.7. The highest BCUT2D eigenvalue weighted by atomic mass is 79.9. The molecule has 1 saturated heterocycles. The maximum absolute atomic E-state index is 14.4. The third-order valence-electron chi connectivity index (χ3n) is 4.14. The second-order valence-corrected chi connectivity index (χ2v) is 6.54. The molecule has 2 atom stereocenters. The summed E-state index contributed by atoms with van der Waals surface area (Å²) in [7, 11) is 0. The predicted molar refractivity (Wildman–Crippen MR) is 83.2 cm³/mol. The number of hydrogen-bond donors (Lipinski definition) is 1. The zero-order valence-electron chi connectivity index (χ0n) is 12.9. The number of ether oxygens (including phenoxy) is 1. The lowest BCUT2D eigenvalue weighted by Gasteiger charge is -2.22. The van der Waals surface area contributed by atoms with Crippen LogP contribution in [-0.2, 0) is 10.9 Å². The van der Waals surface area contributed by atoms with Gasteiger partial charge in [0.1, 0.15) is 5.52 Å². The smallest absolute Gasteiger partial charge is 0.379 e. The number of fused-ring (bicyclic) bond motifs is 1. The summed E-state index contributed by atoms with van der Waals surface area (Å²) in [6.45, 7) is 2.85. The van der Waals surface area contributed by atoms with Crippen molar-refractivity contribution in [2.24, 2.45) is 0 Å². The number of rotatable bonds is 1. The molecule has 1 aliphatic heterocycles. The molecule has 2 heterocycles. The van der Waals surface area contributed by atoms with Crippen LogP contribution in [0.4, 0.5) is 22.0 Å². The molecule has 1 aromatic carbocycles. The SMILES string of the molecule is CC1NCCOCC1c1nc(F)nc2c(F)c(Br)c(C(F)(F)F)cc12. The molecule has 25 heavy (non-hydrogen) atoms. The molecule has 136 valence electrons. The van der Waals surface area contributed by atoms with Crippen molar-refractivity contribution in [2.45, 2.75) is 25.1 Å². The normalized spacial score (nSPS) is 22.2. The molecule has 1 aromatic heterocycles. The molecular weight excluding hydrogens is 413 g/mol. The Kier molecular flexibility index (Phi) is 4.95. The largest absolute Gasteiger partial charge is 0.417 e. The van der Waals surface area contributed by atoms with Gasteiger partial charge >= 0.3 is 12.3 Å². The summed E-state index contributed by atoms with van der Waals surface area (Å²) in [5.74, 6) is -1.83. The van der Waals surface area contributed by atoms with Crippen LogP contribution in [0.1, 0.15) is 24.1 Å². The first-order valence-electron chi connectivity index (χ1n) is 7.43. The van der Waals surface area contributed by atoms with Crippen molar-refractivity contribution in [1.82, 2.24) is 15.3 Å². The fourth-order valence-corrected chi connectivity index (χ4v) is 3.39. The lowest BCUT2D eigenvalue weighted by atomic mass is 9.94. The lowest BCUT2D eigenvalue weighted by Crippen LogP contribution is -2.33. The summed E-state index contributed by atoms with van der Waals surface area (Å²) in [6.07, 6.45) is -5.99. The van der Waals surface area contributed by atoms with Crippen LogP contribution in [0.15, 0.2) is 10.5 Å². The quantitative estimate of drug-likeness (QED) is 0.557. The Morgan fingerprint density at radius 1 is 1.28 bits per heavy atom. The lowest BCUT2D eigenvalue weighted by molar-refractivity contribution is -0.138. The molecular formula is C15H13BrF5N3O. The van der Waals surface area contributed by atoms with Crippen molar-refractivity contribution in [3.05, 3.63) is 33.7 Å². The third-order valence-corrected chi connectivity index (χ3v) is 4.92. The summed E-state index contributed by atoms with van der Waals surface area (Å²) in [4.78, 5) is 7.02. The maximum atomic E-state index is 14.4. The Morgan fingerprint density at radius 2 is 2.00 bits per heavy atom. The maximum Gasteiger partial charge on any atom is 0.417 e. The molecule has 0 spiro atoms. The van der Waals surface area contributed by atoms with Gasteiger partial charge in [-0.3, -0.25) is 0 Å². The molecule has 0 saturated carbocycles. The minimum Gasteiger partial charge on any atom is -0.379 e. The molecule has 4 nitrogen and oxygen atoms in total. The zero-order chi connectivity index (χ0) is 18.4. The Bertz CT molecular complexity index is 814. The van der Waals surface area contributed by atoms with Gasteiger partial charge in [-0.2, -0.15) is 22.5 Å². The van der Waals surface area contributed by atoms with Crippen molar-refractivity contribution in [1.29, 1.82) is 0 Å². The number of hydrogen-bond acceptors (Lipinski definition) is 4. The number of nitrogens with zero attached hydrogens (tertiary/aromatic N) is 2. The van der Waals surface area contributed by atoms with Crippen LogP contribution in [0.2, 0.25) is 0 Å². The molecule has 3 rings (SSSR count). The Balaban J connectivity index is 2.29. The van der Waals surface area contributed by atoms with Crippen LogP contribution in [-0.4, -0.2) is 35.8 Å². The van der Waals surface area contributed by atoms with E-state index in [1.807, 2.05) is 0 Å². The second kappa shape index (κ2) is 6.73. The minimum absolute atomic E-state index is 0.0127. The number of halogens is 6. The van der Waals surface area contributed by atoms with Crippen molar-refractivity contribution in [3.8, 4) is 0 Å². The number of alkyl halides is 3. The van der Waals surface area contributed by atoms with E-state index in [-0.39, 0.29) is 23.7 Å². The highest BCUT2D eigenvalue weighted by Crippen LogP contribution is 2.40. The fraction of sp³-hybridized carbons (Fsp3) is 0.467. The first-order valence-corrected chi connectivity index (χ1v) is 8.23. The van der Waals surface area contributed by atoms with Gasteiger partial charge in [-0.15, -0.1) is 0 Å². The molecule has 1 aliphatic rings. The summed E-state index contributed by atoms with van der Waals surface area (Å²) in [6, 6.07) is 0.496. The van der Waals surface area contributed by atoms with Crippen LogP contribution < -0.4 is 5.32 Å². The molecule has 0 radical (unpaired) electrons.